The summed E-state index contributed by atoms with van der Waals surface area (Å²) in [5.74, 6) is 0.610. The van der Waals surface area contributed by atoms with Crippen LogP contribution in [0.1, 0.15) is 48.5 Å². The molecule has 2 unspecified atom stereocenters. The van der Waals surface area contributed by atoms with Crippen LogP contribution in [0.4, 0.5) is 6.01 Å². The number of hydrogen-bond acceptors (Lipinski definition) is 6. The molecule has 2 rings (SSSR count). The minimum atomic E-state index is 0.0762. The van der Waals surface area contributed by atoms with Crippen molar-refractivity contribution in [1.82, 2.24) is 15.5 Å². The summed E-state index contributed by atoms with van der Waals surface area (Å²) < 4.78 is 5.61. The summed E-state index contributed by atoms with van der Waals surface area (Å²) in [4.78, 5) is 2.56. The number of nitrogens with zero attached hydrogens (tertiary/aromatic N) is 2. The normalized spacial score (nSPS) is 14.3. The zero-order valence-corrected chi connectivity index (χ0v) is 12.5. The second kappa shape index (κ2) is 6.16. The van der Waals surface area contributed by atoms with Gasteiger partial charge in [-0.2, -0.15) is 0 Å². The van der Waals surface area contributed by atoms with Crippen molar-refractivity contribution in [2.45, 2.75) is 39.8 Å². The Balaban J connectivity index is 1.99. The number of thiophene rings is 1. The van der Waals surface area contributed by atoms with Gasteiger partial charge in [0.05, 0.1) is 12.1 Å². The van der Waals surface area contributed by atoms with E-state index in [1.807, 2.05) is 13.8 Å². The maximum absolute atomic E-state index is 5.61. The van der Waals surface area contributed by atoms with Crippen LogP contribution in [0.3, 0.4) is 0 Å². The van der Waals surface area contributed by atoms with Crippen LogP contribution in [0.15, 0.2) is 16.5 Å². The van der Waals surface area contributed by atoms with E-state index in [1.165, 1.54) is 9.75 Å². The Morgan fingerprint density at radius 1 is 1.26 bits per heavy atom. The SMILES string of the molecule is CCNC(C)c1nnc(NC(C)c2ccc(C)s2)o1. The van der Waals surface area contributed by atoms with Crippen molar-refractivity contribution < 1.29 is 4.42 Å². The molecule has 2 aromatic heterocycles. The Bertz CT molecular complexity index is 522. The van der Waals surface area contributed by atoms with E-state index >= 15 is 0 Å². The predicted molar refractivity (Wildman–Crippen MR) is 77.5 cm³/mol. The van der Waals surface area contributed by atoms with Crippen LogP contribution in [-0.4, -0.2) is 16.7 Å². The molecule has 2 aromatic rings. The first-order valence-corrected chi connectivity index (χ1v) is 7.31. The third-order valence-corrected chi connectivity index (χ3v) is 4.03. The first kappa shape index (κ1) is 14.0. The van der Waals surface area contributed by atoms with E-state index in [4.69, 9.17) is 4.42 Å². The number of anilines is 1. The lowest BCUT2D eigenvalue weighted by molar-refractivity contribution is 0.427. The molecule has 0 fully saturated rings. The summed E-state index contributed by atoms with van der Waals surface area (Å²) in [6.07, 6.45) is 0. The van der Waals surface area contributed by atoms with E-state index in [1.54, 1.807) is 11.3 Å². The number of aromatic nitrogens is 2. The lowest BCUT2D eigenvalue weighted by Gasteiger charge is -2.09. The molecule has 5 nitrogen and oxygen atoms in total. The monoisotopic (exact) mass is 280 g/mol. The molecular weight excluding hydrogens is 260 g/mol. The van der Waals surface area contributed by atoms with E-state index in [-0.39, 0.29) is 12.1 Å². The fourth-order valence-corrected chi connectivity index (χ4v) is 2.68. The van der Waals surface area contributed by atoms with Crippen molar-refractivity contribution in [1.29, 1.82) is 0 Å². The largest absolute Gasteiger partial charge is 0.406 e. The van der Waals surface area contributed by atoms with Gasteiger partial charge in [-0.3, -0.25) is 0 Å². The van der Waals surface area contributed by atoms with Gasteiger partial charge < -0.3 is 15.1 Å². The Morgan fingerprint density at radius 3 is 2.68 bits per heavy atom. The minimum Gasteiger partial charge on any atom is -0.406 e. The van der Waals surface area contributed by atoms with Crippen LogP contribution in [0.2, 0.25) is 0 Å². The van der Waals surface area contributed by atoms with E-state index in [9.17, 15) is 0 Å². The van der Waals surface area contributed by atoms with Crippen molar-refractivity contribution in [3.63, 3.8) is 0 Å². The van der Waals surface area contributed by atoms with Crippen molar-refractivity contribution in [3.05, 3.63) is 27.8 Å². The summed E-state index contributed by atoms with van der Waals surface area (Å²) in [6, 6.07) is 4.95. The number of nitrogens with one attached hydrogen (secondary N) is 2. The van der Waals surface area contributed by atoms with Crippen molar-refractivity contribution >= 4 is 17.4 Å². The molecule has 0 aliphatic heterocycles. The topological polar surface area (TPSA) is 63.0 Å². The van der Waals surface area contributed by atoms with Gasteiger partial charge in [-0.15, -0.1) is 16.4 Å². The first-order chi connectivity index (χ1) is 9.10. The van der Waals surface area contributed by atoms with Crippen LogP contribution in [0, 0.1) is 6.92 Å². The molecule has 2 heterocycles. The third kappa shape index (κ3) is 3.54. The second-order valence-corrected chi connectivity index (χ2v) is 5.86. The highest BCUT2D eigenvalue weighted by Gasteiger charge is 2.15. The lowest BCUT2D eigenvalue weighted by Crippen LogP contribution is -2.17. The second-order valence-electron chi connectivity index (χ2n) is 4.54. The molecule has 0 spiro atoms. The van der Waals surface area contributed by atoms with Crippen LogP contribution < -0.4 is 10.6 Å². The lowest BCUT2D eigenvalue weighted by atomic mass is 10.3. The molecule has 0 aromatic carbocycles. The summed E-state index contributed by atoms with van der Waals surface area (Å²) >= 11 is 1.77. The molecular formula is C13H20N4OS. The Labute approximate surface area is 117 Å². The highest BCUT2D eigenvalue weighted by molar-refractivity contribution is 7.12. The maximum atomic E-state index is 5.61. The summed E-state index contributed by atoms with van der Waals surface area (Å²) in [5, 5.41) is 14.5. The van der Waals surface area contributed by atoms with Gasteiger partial charge in [0.25, 0.3) is 0 Å². The van der Waals surface area contributed by atoms with E-state index in [0.29, 0.717) is 11.9 Å². The molecule has 0 bridgehead atoms. The Kier molecular flexibility index (Phi) is 4.55. The number of rotatable bonds is 6. The van der Waals surface area contributed by atoms with Gasteiger partial charge >= 0.3 is 6.01 Å². The molecule has 0 amide bonds. The fourth-order valence-electron chi connectivity index (χ4n) is 1.80. The molecule has 0 saturated carbocycles. The fraction of sp³-hybridized carbons (Fsp3) is 0.538. The van der Waals surface area contributed by atoms with Gasteiger partial charge in [0.1, 0.15) is 0 Å². The quantitative estimate of drug-likeness (QED) is 0.850. The molecule has 0 aliphatic rings. The number of hydrogen-bond donors (Lipinski definition) is 2. The van der Waals surface area contributed by atoms with Gasteiger partial charge in [0, 0.05) is 9.75 Å². The average Bonchev–Trinajstić information content (AvgIpc) is 2.98. The smallest absolute Gasteiger partial charge is 0.316 e. The predicted octanol–water partition coefficient (Wildman–Crippen LogP) is 3.28. The number of aryl methyl sites for hydroxylation is 1. The molecule has 6 heteroatoms. The summed E-state index contributed by atoms with van der Waals surface area (Å²) in [5.41, 5.74) is 0. The molecule has 19 heavy (non-hydrogen) atoms. The van der Waals surface area contributed by atoms with Crippen molar-refractivity contribution in [2.24, 2.45) is 0 Å². The highest BCUT2D eigenvalue weighted by atomic mass is 32.1. The third-order valence-electron chi connectivity index (χ3n) is 2.85. The maximum Gasteiger partial charge on any atom is 0.316 e. The molecule has 2 N–H and O–H groups in total. The van der Waals surface area contributed by atoms with Gasteiger partial charge in [-0.1, -0.05) is 12.0 Å². The first-order valence-electron chi connectivity index (χ1n) is 6.49. The molecule has 0 radical (unpaired) electrons. The Morgan fingerprint density at radius 2 is 2.05 bits per heavy atom. The van der Waals surface area contributed by atoms with Crippen LogP contribution in [0.25, 0.3) is 0 Å². The van der Waals surface area contributed by atoms with Crippen LogP contribution in [-0.2, 0) is 0 Å². The molecule has 0 saturated heterocycles. The van der Waals surface area contributed by atoms with Crippen LogP contribution >= 0.6 is 11.3 Å². The standard InChI is InChI=1S/C13H20N4OS/c1-5-14-10(4)12-16-17-13(18-12)15-9(3)11-7-6-8(2)19-11/h6-7,9-10,14H,5H2,1-4H3,(H,15,17). The zero-order chi connectivity index (χ0) is 13.8. The van der Waals surface area contributed by atoms with Crippen molar-refractivity contribution in [2.75, 3.05) is 11.9 Å². The van der Waals surface area contributed by atoms with E-state index < -0.39 is 0 Å². The minimum absolute atomic E-state index is 0.0762. The molecule has 0 aliphatic carbocycles. The van der Waals surface area contributed by atoms with Gasteiger partial charge in [-0.05, 0) is 39.4 Å². The molecule has 2 atom stereocenters. The highest BCUT2D eigenvalue weighted by Crippen LogP contribution is 2.25. The van der Waals surface area contributed by atoms with Crippen molar-refractivity contribution in [3.8, 4) is 0 Å². The van der Waals surface area contributed by atoms with Crippen LogP contribution in [0.5, 0.6) is 0 Å². The Hall–Kier alpha value is -1.40. The van der Waals surface area contributed by atoms with E-state index in [2.05, 4.69) is 46.8 Å². The van der Waals surface area contributed by atoms with Gasteiger partial charge in [0.15, 0.2) is 0 Å². The zero-order valence-electron chi connectivity index (χ0n) is 11.7. The summed E-state index contributed by atoms with van der Waals surface area (Å²) in [7, 11) is 0. The molecule has 104 valence electrons. The average molecular weight is 280 g/mol. The van der Waals surface area contributed by atoms with E-state index in [0.717, 1.165) is 6.54 Å². The van der Waals surface area contributed by atoms with Gasteiger partial charge in [-0.25, -0.2) is 0 Å². The van der Waals surface area contributed by atoms with Gasteiger partial charge in [0.2, 0.25) is 5.89 Å². The summed E-state index contributed by atoms with van der Waals surface area (Å²) in [6.45, 7) is 9.11.